The molecule has 5 heteroatoms. The summed E-state index contributed by atoms with van der Waals surface area (Å²) in [5.74, 6) is 0.0648. The quantitative estimate of drug-likeness (QED) is 0.424. The van der Waals surface area contributed by atoms with Crippen molar-refractivity contribution in [1.29, 1.82) is 0 Å². The van der Waals surface area contributed by atoms with Crippen LogP contribution in [0.1, 0.15) is 0 Å². The van der Waals surface area contributed by atoms with Crippen molar-refractivity contribution in [2.45, 2.75) is 24.6 Å². The summed E-state index contributed by atoms with van der Waals surface area (Å²) in [7, 11) is 0. The average molecular weight is 169 g/mol. The summed E-state index contributed by atoms with van der Waals surface area (Å²) in [5.41, 5.74) is 0. The topological polar surface area (TPSA) is 69.9 Å². The summed E-state index contributed by atoms with van der Waals surface area (Å²) in [5, 5.41) is 26.7. The van der Waals surface area contributed by atoms with Gasteiger partial charge >= 0.3 is 0 Å². The highest BCUT2D eigenvalue weighted by Gasteiger charge is 2.40. The van der Waals surface area contributed by atoms with Crippen LogP contribution in [0, 0.1) is 0 Å². The average Bonchev–Trinajstić information content (AvgIpc) is 2.17. The van der Waals surface area contributed by atoms with Gasteiger partial charge in [-0.15, -0.1) is 11.6 Å². The Morgan fingerprint density at radius 3 is 2.00 bits per heavy atom. The molecule has 1 aliphatic heterocycles. The first-order valence-corrected chi connectivity index (χ1v) is 3.46. The minimum absolute atomic E-state index is 0.0648. The lowest BCUT2D eigenvalue weighted by atomic mass is 10.2. The van der Waals surface area contributed by atoms with Gasteiger partial charge in [0.15, 0.2) is 6.29 Å². The molecule has 0 spiro atoms. The van der Waals surface area contributed by atoms with E-state index in [2.05, 4.69) is 4.74 Å². The monoisotopic (exact) mass is 168 g/mol. The predicted octanol–water partition coefficient (Wildman–Crippen LogP) is -1.34. The molecule has 0 radical (unpaired) electrons. The van der Waals surface area contributed by atoms with E-state index in [1.807, 2.05) is 0 Å². The Morgan fingerprint density at radius 2 is 1.80 bits per heavy atom. The molecule has 0 amide bonds. The van der Waals surface area contributed by atoms with Gasteiger partial charge in [0, 0.05) is 0 Å². The lowest BCUT2D eigenvalue weighted by Crippen LogP contribution is -2.32. The number of hydrogen-bond acceptors (Lipinski definition) is 4. The zero-order valence-electron chi connectivity index (χ0n) is 5.14. The van der Waals surface area contributed by atoms with Gasteiger partial charge < -0.3 is 20.1 Å². The van der Waals surface area contributed by atoms with E-state index in [0.717, 1.165) is 0 Å². The van der Waals surface area contributed by atoms with Gasteiger partial charge in [-0.25, -0.2) is 0 Å². The van der Waals surface area contributed by atoms with Crippen LogP contribution in [-0.4, -0.2) is 45.8 Å². The van der Waals surface area contributed by atoms with E-state index < -0.39 is 24.6 Å². The minimum atomic E-state index is -1.31. The van der Waals surface area contributed by atoms with Crippen LogP contribution in [0.4, 0.5) is 0 Å². The van der Waals surface area contributed by atoms with E-state index in [1.54, 1.807) is 0 Å². The summed E-state index contributed by atoms with van der Waals surface area (Å²) in [6, 6.07) is 0. The van der Waals surface area contributed by atoms with Crippen LogP contribution < -0.4 is 0 Å². The summed E-state index contributed by atoms with van der Waals surface area (Å²) >= 11 is 5.33. The number of aliphatic hydroxyl groups is 3. The second-order valence-electron chi connectivity index (χ2n) is 2.20. The second kappa shape index (κ2) is 3.02. The molecule has 0 saturated carbocycles. The summed E-state index contributed by atoms with van der Waals surface area (Å²) in [4.78, 5) is 0. The lowest BCUT2D eigenvalue weighted by molar-refractivity contribution is -0.123. The number of halogens is 1. The molecule has 0 bridgehead atoms. The van der Waals surface area contributed by atoms with Gasteiger partial charge in [0.25, 0.3) is 0 Å². The molecule has 0 aromatic carbocycles. The zero-order chi connectivity index (χ0) is 7.72. The van der Waals surface area contributed by atoms with E-state index in [9.17, 15) is 0 Å². The summed E-state index contributed by atoms with van der Waals surface area (Å²) < 4.78 is 4.66. The largest absolute Gasteiger partial charge is 0.387 e. The third-order valence-electron chi connectivity index (χ3n) is 1.49. The van der Waals surface area contributed by atoms with Crippen molar-refractivity contribution in [1.82, 2.24) is 0 Å². The summed E-state index contributed by atoms with van der Waals surface area (Å²) in [6.07, 6.45) is -4.28. The molecule has 4 atom stereocenters. The Morgan fingerprint density at radius 1 is 1.20 bits per heavy atom. The van der Waals surface area contributed by atoms with Crippen LogP contribution in [0.25, 0.3) is 0 Å². The SMILES string of the molecule is OC1O[C@@H](CCl)[C@H](O)[C@@H]1O. The molecule has 1 heterocycles. The minimum Gasteiger partial charge on any atom is -0.387 e. The number of ether oxygens (including phenoxy) is 1. The van der Waals surface area contributed by atoms with Crippen molar-refractivity contribution in [2.24, 2.45) is 0 Å². The summed E-state index contributed by atoms with van der Waals surface area (Å²) in [6.45, 7) is 0. The highest BCUT2D eigenvalue weighted by atomic mass is 35.5. The second-order valence-corrected chi connectivity index (χ2v) is 2.51. The fourth-order valence-corrected chi connectivity index (χ4v) is 1.11. The van der Waals surface area contributed by atoms with E-state index in [0.29, 0.717) is 0 Å². The molecular formula is C5H9ClO4. The fraction of sp³-hybridized carbons (Fsp3) is 1.00. The molecule has 0 aromatic rings. The van der Waals surface area contributed by atoms with Gasteiger partial charge in [-0.2, -0.15) is 0 Å². The molecule has 1 rings (SSSR count). The maximum atomic E-state index is 9.01. The van der Waals surface area contributed by atoms with Crippen LogP contribution in [0.5, 0.6) is 0 Å². The van der Waals surface area contributed by atoms with Crippen molar-refractivity contribution in [3.05, 3.63) is 0 Å². The standard InChI is InChI=1S/C5H9ClO4/c6-1-2-3(7)4(8)5(9)10-2/h2-5,7-9H,1H2/t2-,3-,4-,5?/m0/s1. The maximum absolute atomic E-state index is 9.01. The van der Waals surface area contributed by atoms with Crippen molar-refractivity contribution < 1.29 is 20.1 Å². The molecule has 0 aromatic heterocycles. The van der Waals surface area contributed by atoms with Gasteiger partial charge in [-0.1, -0.05) is 0 Å². The zero-order valence-corrected chi connectivity index (χ0v) is 5.90. The van der Waals surface area contributed by atoms with E-state index in [-0.39, 0.29) is 5.88 Å². The smallest absolute Gasteiger partial charge is 0.184 e. The Labute approximate surface area is 63.0 Å². The van der Waals surface area contributed by atoms with Crippen molar-refractivity contribution in [2.75, 3.05) is 5.88 Å². The molecule has 0 aliphatic carbocycles. The van der Waals surface area contributed by atoms with Gasteiger partial charge in [0.05, 0.1) is 5.88 Å². The first-order chi connectivity index (χ1) is 4.66. The first kappa shape index (κ1) is 8.23. The van der Waals surface area contributed by atoms with Crippen molar-refractivity contribution in [3.8, 4) is 0 Å². The fourth-order valence-electron chi connectivity index (χ4n) is 0.856. The molecule has 1 aliphatic rings. The molecule has 3 N–H and O–H groups in total. The third-order valence-corrected chi connectivity index (χ3v) is 1.79. The molecule has 10 heavy (non-hydrogen) atoms. The van der Waals surface area contributed by atoms with Crippen LogP contribution >= 0.6 is 11.6 Å². The molecule has 1 fully saturated rings. The van der Waals surface area contributed by atoms with E-state index in [1.165, 1.54) is 0 Å². The van der Waals surface area contributed by atoms with Crippen molar-refractivity contribution in [3.63, 3.8) is 0 Å². The van der Waals surface area contributed by atoms with Crippen molar-refractivity contribution >= 4 is 11.6 Å². The van der Waals surface area contributed by atoms with Crippen LogP contribution in [0.3, 0.4) is 0 Å². The normalized spacial score (nSPS) is 48.0. The van der Waals surface area contributed by atoms with Gasteiger partial charge in [-0.05, 0) is 0 Å². The van der Waals surface area contributed by atoms with Crippen LogP contribution in [0.15, 0.2) is 0 Å². The lowest BCUT2D eigenvalue weighted by Gasteiger charge is -2.09. The Hall–Kier alpha value is 0.130. The van der Waals surface area contributed by atoms with Crippen LogP contribution in [-0.2, 0) is 4.74 Å². The third kappa shape index (κ3) is 1.26. The molecular weight excluding hydrogens is 160 g/mol. The van der Waals surface area contributed by atoms with Crippen LogP contribution in [0.2, 0.25) is 0 Å². The first-order valence-electron chi connectivity index (χ1n) is 2.92. The van der Waals surface area contributed by atoms with Gasteiger partial charge in [-0.3, -0.25) is 0 Å². The van der Waals surface area contributed by atoms with E-state index in [4.69, 9.17) is 26.9 Å². The molecule has 60 valence electrons. The van der Waals surface area contributed by atoms with Gasteiger partial charge in [0.1, 0.15) is 18.3 Å². The Kier molecular flexibility index (Phi) is 2.49. The van der Waals surface area contributed by atoms with E-state index >= 15 is 0 Å². The van der Waals surface area contributed by atoms with Gasteiger partial charge in [0.2, 0.25) is 0 Å². The Balaban J connectivity index is 2.53. The molecule has 4 nitrogen and oxygen atoms in total. The number of aliphatic hydroxyl groups excluding tert-OH is 3. The Bertz CT molecular complexity index is 120. The number of hydrogen-bond donors (Lipinski definition) is 3. The molecule has 1 saturated heterocycles. The number of alkyl halides is 1. The maximum Gasteiger partial charge on any atom is 0.184 e. The number of rotatable bonds is 1. The highest BCUT2D eigenvalue weighted by Crippen LogP contribution is 2.19. The predicted molar refractivity (Wildman–Crippen MR) is 33.6 cm³/mol. The molecule has 1 unspecified atom stereocenters. The highest BCUT2D eigenvalue weighted by molar-refractivity contribution is 6.18.